The van der Waals surface area contributed by atoms with E-state index in [1.54, 1.807) is 30.6 Å². The molecule has 1 aromatic carbocycles. The number of likely N-dealkylation sites (tertiary alicyclic amines) is 1. The standard InChI is InChI=1S/C16H19N5O2/c1-19(16-17-8-4-9-18-16)14-7-10-20(12-14)11-13-5-2-3-6-15(13)21(22)23/h2-6,8-9,14H,7,10-12H2,1H3. The summed E-state index contributed by atoms with van der Waals surface area (Å²) < 4.78 is 0. The largest absolute Gasteiger partial charge is 0.340 e. The third kappa shape index (κ3) is 3.45. The Morgan fingerprint density at radius 3 is 2.78 bits per heavy atom. The van der Waals surface area contributed by atoms with Gasteiger partial charge in [-0.05, 0) is 12.5 Å². The average molecular weight is 313 g/mol. The molecule has 0 bridgehead atoms. The van der Waals surface area contributed by atoms with Crippen molar-refractivity contribution in [3.05, 3.63) is 58.4 Å². The van der Waals surface area contributed by atoms with Crippen LogP contribution in [0.3, 0.4) is 0 Å². The number of aromatic nitrogens is 2. The van der Waals surface area contributed by atoms with E-state index in [4.69, 9.17) is 0 Å². The molecule has 1 unspecified atom stereocenters. The highest BCUT2D eigenvalue weighted by molar-refractivity contribution is 5.39. The second-order valence-corrected chi connectivity index (χ2v) is 5.72. The highest BCUT2D eigenvalue weighted by Gasteiger charge is 2.28. The minimum atomic E-state index is -0.313. The van der Waals surface area contributed by atoms with Gasteiger partial charge in [-0.15, -0.1) is 0 Å². The lowest BCUT2D eigenvalue weighted by Crippen LogP contribution is -2.35. The number of rotatable bonds is 5. The maximum absolute atomic E-state index is 11.1. The van der Waals surface area contributed by atoms with Crippen molar-refractivity contribution in [1.82, 2.24) is 14.9 Å². The van der Waals surface area contributed by atoms with Gasteiger partial charge >= 0.3 is 0 Å². The molecule has 120 valence electrons. The monoisotopic (exact) mass is 313 g/mol. The van der Waals surface area contributed by atoms with E-state index in [0.717, 1.165) is 25.1 Å². The first-order valence-electron chi connectivity index (χ1n) is 7.59. The molecule has 0 saturated carbocycles. The number of para-hydroxylation sites is 1. The number of hydrogen-bond acceptors (Lipinski definition) is 6. The minimum absolute atomic E-state index is 0.190. The van der Waals surface area contributed by atoms with Crippen LogP contribution < -0.4 is 4.90 Å². The Morgan fingerprint density at radius 2 is 2.04 bits per heavy atom. The Bertz CT molecular complexity index is 679. The van der Waals surface area contributed by atoms with E-state index in [1.165, 1.54) is 0 Å². The summed E-state index contributed by atoms with van der Waals surface area (Å²) in [7, 11) is 1.99. The molecule has 0 radical (unpaired) electrons. The van der Waals surface area contributed by atoms with Crippen LogP contribution >= 0.6 is 0 Å². The molecule has 7 heteroatoms. The fraction of sp³-hybridized carbons (Fsp3) is 0.375. The van der Waals surface area contributed by atoms with Crippen LogP contribution in [0.15, 0.2) is 42.7 Å². The quantitative estimate of drug-likeness (QED) is 0.621. The number of likely N-dealkylation sites (N-methyl/N-ethyl adjacent to an activating group) is 1. The molecule has 1 aliphatic rings. The summed E-state index contributed by atoms with van der Waals surface area (Å²) in [5.41, 5.74) is 0.951. The number of hydrogen-bond donors (Lipinski definition) is 0. The molecule has 1 aliphatic heterocycles. The molecule has 7 nitrogen and oxygen atoms in total. The Hall–Kier alpha value is -2.54. The van der Waals surface area contributed by atoms with Gasteiger partial charge in [0.25, 0.3) is 5.69 Å². The van der Waals surface area contributed by atoms with Gasteiger partial charge < -0.3 is 4.90 Å². The lowest BCUT2D eigenvalue weighted by Gasteiger charge is -2.24. The SMILES string of the molecule is CN(c1ncccn1)C1CCN(Cc2ccccc2[N+](=O)[O-])C1. The van der Waals surface area contributed by atoms with Crippen LogP contribution in [0.2, 0.25) is 0 Å². The fourth-order valence-electron chi connectivity index (χ4n) is 2.97. The first-order valence-corrected chi connectivity index (χ1v) is 7.59. The van der Waals surface area contributed by atoms with Crippen molar-refractivity contribution in [2.45, 2.75) is 19.0 Å². The van der Waals surface area contributed by atoms with Crippen molar-refractivity contribution in [2.24, 2.45) is 0 Å². The van der Waals surface area contributed by atoms with Crippen LogP contribution in [0.5, 0.6) is 0 Å². The molecule has 1 fully saturated rings. The summed E-state index contributed by atoms with van der Waals surface area (Å²) in [5.74, 6) is 0.713. The third-order valence-corrected chi connectivity index (χ3v) is 4.25. The average Bonchev–Trinajstić information content (AvgIpc) is 3.04. The zero-order valence-corrected chi connectivity index (χ0v) is 13.0. The summed E-state index contributed by atoms with van der Waals surface area (Å²) in [6.45, 7) is 2.35. The van der Waals surface area contributed by atoms with Gasteiger partial charge in [-0.3, -0.25) is 15.0 Å². The molecule has 2 heterocycles. The van der Waals surface area contributed by atoms with Crippen molar-refractivity contribution in [1.29, 1.82) is 0 Å². The second kappa shape index (κ2) is 6.70. The van der Waals surface area contributed by atoms with Crippen molar-refractivity contribution in [3.63, 3.8) is 0 Å². The summed E-state index contributed by atoms with van der Waals surface area (Å²) in [6, 6.07) is 9.06. The molecule has 23 heavy (non-hydrogen) atoms. The van der Waals surface area contributed by atoms with Crippen LogP contribution in [-0.2, 0) is 6.54 Å². The van der Waals surface area contributed by atoms with Crippen molar-refractivity contribution in [3.8, 4) is 0 Å². The molecule has 0 amide bonds. The summed E-state index contributed by atoms with van der Waals surface area (Å²) >= 11 is 0. The number of nitro benzene ring substituents is 1. The third-order valence-electron chi connectivity index (χ3n) is 4.25. The van der Waals surface area contributed by atoms with E-state index < -0.39 is 0 Å². The maximum atomic E-state index is 11.1. The molecule has 1 aromatic heterocycles. The molecular formula is C16H19N5O2. The maximum Gasteiger partial charge on any atom is 0.273 e. The zero-order valence-electron chi connectivity index (χ0n) is 13.0. The van der Waals surface area contributed by atoms with Crippen LogP contribution in [0, 0.1) is 10.1 Å². The van der Waals surface area contributed by atoms with Gasteiger partial charge in [-0.1, -0.05) is 18.2 Å². The van der Waals surface area contributed by atoms with Crippen LogP contribution in [0.1, 0.15) is 12.0 Å². The van der Waals surface area contributed by atoms with Crippen molar-refractivity contribution < 1.29 is 4.92 Å². The Labute approximate surface area is 134 Å². The van der Waals surface area contributed by atoms with Crippen LogP contribution in [0.4, 0.5) is 11.6 Å². The van der Waals surface area contributed by atoms with Gasteiger partial charge in [0.05, 0.1) is 4.92 Å². The molecular weight excluding hydrogens is 294 g/mol. The lowest BCUT2D eigenvalue weighted by molar-refractivity contribution is -0.385. The van der Waals surface area contributed by atoms with Gasteiger partial charge in [0, 0.05) is 56.7 Å². The predicted molar refractivity (Wildman–Crippen MR) is 87.2 cm³/mol. The van der Waals surface area contributed by atoms with E-state index in [0.29, 0.717) is 18.5 Å². The molecule has 3 rings (SSSR count). The number of nitrogens with zero attached hydrogens (tertiary/aromatic N) is 5. The predicted octanol–water partition coefficient (Wildman–Crippen LogP) is 2.10. The highest BCUT2D eigenvalue weighted by atomic mass is 16.6. The van der Waals surface area contributed by atoms with E-state index in [2.05, 4.69) is 19.8 Å². The van der Waals surface area contributed by atoms with Crippen LogP contribution in [0.25, 0.3) is 0 Å². The first-order chi connectivity index (χ1) is 11.1. The van der Waals surface area contributed by atoms with E-state index >= 15 is 0 Å². The van der Waals surface area contributed by atoms with Gasteiger partial charge in [0.1, 0.15) is 0 Å². The molecule has 0 spiro atoms. The molecule has 0 N–H and O–H groups in total. The Morgan fingerprint density at radius 1 is 1.30 bits per heavy atom. The Kier molecular flexibility index (Phi) is 4.47. The number of anilines is 1. The van der Waals surface area contributed by atoms with E-state index in [1.807, 2.05) is 19.2 Å². The number of benzene rings is 1. The first kappa shape index (κ1) is 15.4. The normalized spacial score (nSPS) is 18.0. The van der Waals surface area contributed by atoms with Gasteiger partial charge in [-0.25, -0.2) is 9.97 Å². The molecule has 1 atom stereocenters. The summed E-state index contributed by atoms with van der Waals surface area (Å²) in [5, 5.41) is 11.1. The smallest absolute Gasteiger partial charge is 0.273 e. The van der Waals surface area contributed by atoms with Gasteiger partial charge in [0.2, 0.25) is 5.95 Å². The number of nitro groups is 1. The van der Waals surface area contributed by atoms with Crippen molar-refractivity contribution >= 4 is 11.6 Å². The van der Waals surface area contributed by atoms with Gasteiger partial charge in [0.15, 0.2) is 0 Å². The topological polar surface area (TPSA) is 75.4 Å². The van der Waals surface area contributed by atoms with Crippen molar-refractivity contribution in [2.75, 3.05) is 25.0 Å². The van der Waals surface area contributed by atoms with E-state index in [9.17, 15) is 10.1 Å². The fourth-order valence-corrected chi connectivity index (χ4v) is 2.97. The molecule has 0 aliphatic carbocycles. The second-order valence-electron chi connectivity index (χ2n) is 5.72. The van der Waals surface area contributed by atoms with Crippen LogP contribution in [-0.4, -0.2) is 46.0 Å². The van der Waals surface area contributed by atoms with Gasteiger partial charge in [-0.2, -0.15) is 0 Å². The molecule has 1 saturated heterocycles. The molecule has 2 aromatic rings. The minimum Gasteiger partial charge on any atom is -0.340 e. The summed E-state index contributed by atoms with van der Waals surface area (Å²) in [6.07, 6.45) is 4.47. The highest BCUT2D eigenvalue weighted by Crippen LogP contribution is 2.24. The summed E-state index contributed by atoms with van der Waals surface area (Å²) in [4.78, 5) is 23.7. The Balaban J connectivity index is 1.66. The van der Waals surface area contributed by atoms with E-state index in [-0.39, 0.29) is 10.6 Å². The zero-order chi connectivity index (χ0) is 16.2. The lowest BCUT2D eigenvalue weighted by atomic mass is 10.1.